The first kappa shape index (κ1) is 16.5. The number of anilines is 1. The van der Waals surface area contributed by atoms with Crippen molar-refractivity contribution in [2.45, 2.75) is 17.4 Å². The molecule has 0 spiro atoms. The Morgan fingerprint density at radius 1 is 1.29 bits per heavy atom. The van der Waals surface area contributed by atoms with Crippen LogP contribution in [0.25, 0.3) is 0 Å². The van der Waals surface area contributed by atoms with Gasteiger partial charge in [-0.25, -0.2) is 19.2 Å². The van der Waals surface area contributed by atoms with Crippen LogP contribution in [-0.4, -0.2) is 34.8 Å². The molecule has 1 aliphatic rings. The SMILES string of the molecule is O=C(NCCNc1ncccn1)N[C@@H]1CCSc2ccc(F)cc21. The van der Waals surface area contributed by atoms with Gasteiger partial charge in [-0.2, -0.15) is 0 Å². The van der Waals surface area contributed by atoms with Crippen LogP contribution in [0.3, 0.4) is 0 Å². The number of fused-ring (bicyclic) bond motifs is 1. The second-order valence-corrected chi connectivity index (χ2v) is 6.41. The average molecular weight is 347 g/mol. The van der Waals surface area contributed by atoms with E-state index in [4.69, 9.17) is 0 Å². The molecule has 0 saturated carbocycles. The standard InChI is InChI=1S/C16H18FN5OS/c17-11-2-3-14-12(10-11)13(4-9-24-14)22-16(23)21-8-7-20-15-18-5-1-6-19-15/h1-3,5-6,10,13H,4,7-9H2,(H,18,19,20)(H2,21,22,23)/t13-/m1/s1. The molecule has 2 heterocycles. The molecule has 1 aromatic heterocycles. The first-order valence-corrected chi connectivity index (χ1v) is 8.68. The quantitative estimate of drug-likeness (QED) is 0.725. The van der Waals surface area contributed by atoms with E-state index in [-0.39, 0.29) is 17.9 Å². The van der Waals surface area contributed by atoms with Crippen LogP contribution in [0.2, 0.25) is 0 Å². The van der Waals surface area contributed by atoms with Gasteiger partial charge in [0.25, 0.3) is 0 Å². The lowest BCUT2D eigenvalue weighted by Crippen LogP contribution is -2.40. The van der Waals surface area contributed by atoms with E-state index in [9.17, 15) is 9.18 Å². The average Bonchev–Trinajstić information content (AvgIpc) is 2.60. The summed E-state index contributed by atoms with van der Waals surface area (Å²) in [5.41, 5.74) is 0.845. The summed E-state index contributed by atoms with van der Waals surface area (Å²) in [6.45, 7) is 0.949. The molecule has 0 aliphatic carbocycles. The van der Waals surface area contributed by atoms with E-state index in [2.05, 4.69) is 25.9 Å². The largest absolute Gasteiger partial charge is 0.352 e. The fraction of sp³-hybridized carbons (Fsp3) is 0.312. The van der Waals surface area contributed by atoms with Crippen LogP contribution in [0, 0.1) is 5.82 Å². The van der Waals surface area contributed by atoms with Gasteiger partial charge < -0.3 is 16.0 Å². The van der Waals surface area contributed by atoms with E-state index in [1.54, 1.807) is 36.3 Å². The normalized spacial score (nSPS) is 16.1. The van der Waals surface area contributed by atoms with Gasteiger partial charge in [0.1, 0.15) is 5.82 Å². The fourth-order valence-corrected chi connectivity index (χ4v) is 3.57. The number of carbonyl (C=O) groups is 1. The molecular weight excluding hydrogens is 329 g/mol. The number of thioether (sulfide) groups is 1. The Kier molecular flexibility index (Phi) is 5.47. The van der Waals surface area contributed by atoms with Gasteiger partial charge in [-0.1, -0.05) is 0 Å². The van der Waals surface area contributed by atoms with Crippen molar-refractivity contribution >= 4 is 23.7 Å². The van der Waals surface area contributed by atoms with E-state index in [1.165, 1.54) is 12.1 Å². The van der Waals surface area contributed by atoms with E-state index in [0.29, 0.717) is 19.0 Å². The summed E-state index contributed by atoms with van der Waals surface area (Å²) in [4.78, 5) is 21.1. The molecule has 8 heteroatoms. The van der Waals surface area contributed by atoms with Gasteiger partial charge in [-0.05, 0) is 36.2 Å². The van der Waals surface area contributed by atoms with Gasteiger partial charge in [0.15, 0.2) is 0 Å². The second kappa shape index (κ2) is 7.96. The van der Waals surface area contributed by atoms with Crippen molar-refractivity contribution in [2.75, 3.05) is 24.2 Å². The van der Waals surface area contributed by atoms with Crippen molar-refractivity contribution in [3.63, 3.8) is 0 Å². The summed E-state index contributed by atoms with van der Waals surface area (Å²) >= 11 is 1.69. The van der Waals surface area contributed by atoms with Crippen LogP contribution in [0.15, 0.2) is 41.6 Å². The summed E-state index contributed by atoms with van der Waals surface area (Å²) in [7, 11) is 0. The minimum Gasteiger partial charge on any atom is -0.352 e. The molecule has 1 atom stereocenters. The van der Waals surface area contributed by atoms with Gasteiger partial charge in [-0.15, -0.1) is 11.8 Å². The summed E-state index contributed by atoms with van der Waals surface area (Å²) < 4.78 is 13.5. The third kappa shape index (κ3) is 4.35. The maximum Gasteiger partial charge on any atom is 0.315 e. The summed E-state index contributed by atoms with van der Waals surface area (Å²) in [6, 6.07) is 6.03. The number of hydrogen-bond donors (Lipinski definition) is 3. The Morgan fingerprint density at radius 2 is 2.12 bits per heavy atom. The van der Waals surface area contributed by atoms with E-state index in [1.807, 2.05) is 0 Å². The molecule has 0 fully saturated rings. The predicted octanol–water partition coefficient (Wildman–Crippen LogP) is 2.56. The smallest absolute Gasteiger partial charge is 0.315 e. The molecule has 2 aromatic rings. The molecular formula is C16H18FN5OS. The number of hydrogen-bond acceptors (Lipinski definition) is 5. The minimum absolute atomic E-state index is 0.164. The first-order valence-electron chi connectivity index (χ1n) is 7.70. The van der Waals surface area contributed by atoms with Crippen molar-refractivity contribution in [3.8, 4) is 0 Å². The third-order valence-corrected chi connectivity index (χ3v) is 4.70. The van der Waals surface area contributed by atoms with Crippen LogP contribution >= 0.6 is 11.8 Å². The lowest BCUT2D eigenvalue weighted by Gasteiger charge is -2.26. The number of amides is 2. The molecule has 3 rings (SSSR count). The Morgan fingerprint density at radius 3 is 2.96 bits per heavy atom. The number of nitrogens with one attached hydrogen (secondary N) is 3. The van der Waals surface area contributed by atoms with Gasteiger partial charge in [0, 0.05) is 36.1 Å². The van der Waals surface area contributed by atoms with Crippen LogP contribution in [-0.2, 0) is 0 Å². The molecule has 0 radical (unpaired) electrons. The van der Waals surface area contributed by atoms with E-state index in [0.717, 1.165) is 22.6 Å². The number of halogens is 1. The number of nitrogens with zero attached hydrogens (tertiary/aromatic N) is 2. The molecule has 6 nitrogen and oxygen atoms in total. The van der Waals surface area contributed by atoms with Gasteiger partial charge in [0.2, 0.25) is 5.95 Å². The van der Waals surface area contributed by atoms with Gasteiger partial charge in [0.05, 0.1) is 6.04 Å². The first-order chi connectivity index (χ1) is 11.7. The monoisotopic (exact) mass is 347 g/mol. The van der Waals surface area contributed by atoms with Crippen molar-refractivity contribution in [1.82, 2.24) is 20.6 Å². The Balaban J connectivity index is 1.47. The Bertz CT molecular complexity index is 700. The Labute approximate surface area is 143 Å². The number of carbonyl (C=O) groups excluding carboxylic acids is 1. The third-order valence-electron chi connectivity index (χ3n) is 3.58. The highest BCUT2D eigenvalue weighted by molar-refractivity contribution is 7.99. The number of aromatic nitrogens is 2. The summed E-state index contributed by atoms with van der Waals surface area (Å²) in [5, 5.41) is 8.70. The van der Waals surface area contributed by atoms with Gasteiger partial charge >= 0.3 is 6.03 Å². The second-order valence-electron chi connectivity index (χ2n) is 5.27. The highest BCUT2D eigenvalue weighted by Gasteiger charge is 2.22. The summed E-state index contributed by atoms with van der Waals surface area (Å²) in [6.07, 6.45) is 4.07. The fourth-order valence-electron chi connectivity index (χ4n) is 2.47. The van der Waals surface area contributed by atoms with E-state index < -0.39 is 0 Å². The van der Waals surface area contributed by atoms with Crippen molar-refractivity contribution in [1.29, 1.82) is 0 Å². The van der Waals surface area contributed by atoms with Crippen molar-refractivity contribution < 1.29 is 9.18 Å². The van der Waals surface area contributed by atoms with Crippen LogP contribution < -0.4 is 16.0 Å². The zero-order valence-electron chi connectivity index (χ0n) is 13.0. The molecule has 3 N–H and O–H groups in total. The molecule has 0 bridgehead atoms. The summed E-state index contributed by atoms with van der Waals surface area (Å²) in [5.74, 6) is 1.14. The van der Waals surface area contributed by atoms with Crippen LogP contribution in [0.1, 0.15) is 18.0 Å². The Hall–Kier alpha value is -2.35. The van der Waals surface area contributed by atoms with Crippen LogP contribution in [0.5, 0.6) is 0 Å². The molecule has 1 aliphatic heterocycles. The molecule has 126 valence electrons. The molecule has 24 heavy (non-hydrogen) atoms. The lowest BCUT2D eigenvalue weighted by molar-refractivity contribution is 0.237. The molecule has 0 saturated heterocycles. The van der Waals surface area contributed by atoms with Crippen molar-refractivity contribution in [2.24, 2.45) is 0 Å². The van der Waals surface area contributed by atoms with Gasteiger partial charge in [-0.3, -0.25) is 0 Å². The molecule has 1 aromatic carbocycles. The topological polar surface area (TPSA) is 78.9 Å². The highest BCUT2D eigenvalue weighted by Crippen LogP contribution is 2.36. The number of urea groups is 1. The van der Waals surface area contributed by atoms with Crippen LogP contribution in [0.4, 0.5) is 15.1 Å². The number of rotatable bonds is 5. The zero-order valence-corrected chi connectivity index (χ0v) is 13.8. The molecule has 2 amide bonds. The maximum absolute atomic E-state index is 13.5. The van der Waals surface area contributed by atoms with Crippen molar-refractivity contribution in [3.05, 3.63) is 48.0 Å². The highest BCUT2D eigenvalue weighted by atomic mass is 32.2. The molecule has 0 unspecified atom stereocenters. The maximum atomic E-state index is 13.5. The lowest BCUT2D eigenvalue weighted by atomic mass is 10.0. The number of benzene rings is 1. The minimum atomic E-state index is -0.282. The zero-order chi connectivity index (χ0) is 16.8. The predicted molar refractivity (Wildman–Crippen MR) is 91.5 cm³/mol. The van der Waals surface area contributed by atoms with E-state index >= 15 is 0 Å².